The summed E-state index contributed by atoms with van der Waals surface area (Å²) in [4.78, 5) is 12.6. The number of nitrogens with zero attached hydrogens (tertiary/aromatic N) is 3. The summed E-state index contributed by atoms with van der Waals surface area (Å²) in [5.41, 5.74) is 3.92. The molecular formula is C19H22N4O3. The van der Waals surface area contributed by atoms with Crippen molar-refractivity contribution in [3.63, 3.8) is 0 Å². The lowest BCUT2D eigenvalue weighted by Gasteiger charge is -2.08. The number of rotatable bonds is 6. The SMILES string of the molecule is COc1cccc(CNC(=O)c2noc(C)c2Cn2nc(C)cc2C)c1. The Morgan fingerprint density at radius 2 is 2.08 bits per heavy atom. The molecule has 0 saturated heterocycles. The van der Waals surface area contributed by atoms with Crippen LogP contribution in [0.2, 0.25) is 0 Å². The average molecular weight is 354 g/mol. The van der Waals surface area contributed by atoms with E-state index in [-0.39, 0.29) is 11.6 Å². The van der Waals surface area contributed by atoms with Crippen molar-refractivity contribution in [2.75, 3.05) is 7.11 Å². The molecule has 0 aliphatic heterocycles. The third-order valence-electron chi connectivity index (χ3n) is 4.20. The normalized spacial score (nSPS) is 10.8. The maximum Gasteiger partial charge on any atom is 0.274 e. The number of carbonyl (C=O) groups excluding carboxylic acids is 1. The molecule has 1 amide bonds. The van der Waals surface area contributed by atoms with Crippen molar-refractivity contribution in [2.45, 2.75) is 33.9 Å². The molecule has 1 N–H and O–H groups in total. The Morgan fingerprint density at radius 1 is 1.27 bits per heavy atom. The predicted molar refractivity (Wildman–Crippen MR) is 96.2 cm³/mol. The number of hydrogen-bond donors (Lipinski definition) is 1. The molecule has 0 saturated carbocycles. The largest absolute Gasteiger partial charge is 0.497 e. The van der Waals surface area contributed by atoms with Gasteiger partial charge in [0.05, 0.1) is 19.3 Å². The van der Waals surface area contributed by atoms with Crippen LogP contribution >= 0.6 is 0 Å². The molecule has 26 heavy (non-hydrogen) atoms. The van der Waals surface area contributed by atoms with E-state index in [4.69, 9.17) is 9.26 Å². The lowest BCUT2D eigenvalue weighted by atomic mass is 10.1. The number of nitrogens with one attached hydrogen (secondary N) is 1. The minimum atomic E-state index is -0.277. The van der Waals surface area contributed by atoms with Crippen molar-refractivity contribution in [2.24, 2.45) is 0 Å². The van der Waals surface area contributed by atoms with Crippen LogP contribution in [-0.4, -0.2) is 28.0 Å². The first-order valence-electron chi connectivity index (χ1n) is 8.35. The first-order chi connectivity index (χ1) is 12.5. The van der Waals surface area contributed by atoms with Crippen molar-refractivity contribution in [1.29, 1.82) is 0 Å². The van der Waals surface area contributed by atoms with E-state index < -0.39 is 0 Å². The molecule has 1 aromatic carbocycles. The standard InChI is InChI=1S/C19H22N4O3/c1-12-8-13(2)23(21-12)11-17-14(3)26-22-18(17)19(24)20-10-15-6-5-7-16(9-15)25-4/h5-9H,10-11H2,1-4H3,(H,20,24). The van der Waals surface area contributed by atoms with Gasteiger partial charge in [0.25, 0.3) is 5.91 Å². The Bertz CT molecular complexity index is 927. The lowest BCUT2D eigenvalue weighted by molar-refractivity contribution is 0.0941. The summed E-state index contributed by atoms with van der Waals surface area (Å²) in [6, 6.07) is 9.54. The van der Waals surface area contributed by atoms with Crippen molar-refractivity contribution in [3.8, 4) is 5.75 Å². The van der Waals surface area contributed by atoms with Crippen LogP contribution in [0, 0.1) is 20.8 Å². The van der Waals surface area contributed by atoms with Gasteiger partial charge in [-0.3, -0.25) is 9.48 Å². The van der Waals surface area contributed by atoms with Gasteiger partial charge in [0.1, 0.15) is 11.5 Å². The van der Waals surface area contributed by atoms with Gasteiger partial charge in [0, 0.05) is 17.8 Å². The average Bonchev–Trinajstić information content (AvgIpc) is 3.15. The molecule has 7 heteroatoms. The van der Waals surface area contributed by atoms with E-state index >= 15 is 0 Å². The maximum atomic E-state index is 12.6. The van der Waals surface area contributed by atoms with Gasteiger partial charge >= 0.3 is 0 Å². The van der Waals surface area contributed by atoms with Crippen molar-refractivity contribution in [1.82, 2.24) is 20.3 Å². The molecule has 0 spiro atoms. The van der Waals surface area contributed by atoms with Gasteiger partial charge in [-0.15, -0.1) is 0 Å². The second kappa shape index (κ2) is 7.43. The van der Waals surface area contributed by atoms with Crippen LogP contribution in [0.4, 0.5) is 0 Å². The topological polar surface area (TPSA) is 82.2 Å². The lowest BCUT2D eigenvalue weighted by Crippen LogP contribution is -2.25. The zero-order valence-electron chi connectivity index (χ0n) is 15.4. The molecule has 2 heterocycles. The van der Waals surface area contributed by atoms with E-state index in [1.807, 2.05) is 48.9 Å². The van der Waals surface area contributed by atoms with E-state index in [1.165, 1.54) is 0 Å². The number of amides is 1. The Balaban J connectivity index is 1.74. The van der Waals surface area contributed by atoms with Gasteiger partial charge in [-0.2, -0.15) is 5.10 Å². The second-order valence-electron chi connectivity index (χ2n) is 6.18. The minimum Gasteiger partial charge on any atom is -0.497 e. The fraction of sp³-hybridized carbons (Fsp3) is 0.316. The molecule has 2 aromatic heterocycles. The summed E-state index contributed by atoms with van der Waals surface area (Å²) < 4.78 is 12.3. The maximum absolute atomic E-state index is 12.6. The zero-order valence-corrected chi connectivity index (χ0v) is 15.4. The molecule has 0 fully saturated rings. The summed E-state index contributed by atoms with van der Waals surface area (Å²) in [7, 11) is 1.61. The molecule has 0 aliphatic rings. The monoisotopic (exact) mass is 354 g/mol. The van der Waals surface area contributed by atoms with E-state index in [0.717, 1.165) is 28.3 Å². The van der Waals surface area contributed by atoms with Crippen molar-refractivity contribution in [3.05, 3.63) is 64.3 Å². The van der Waals surface area contributed by atoms with Crippen LogP contribution in [0.3, 0.4) is 0 Å². The number of carbonyl (C=O) groups is 1. The molecule has 7 nitrogen and oxygen atoms in total. The fourth-order valence-corrected chi connectivity index (χ4v) is 2.79. The van der Waals surface area contributed by atoms with E-state index in [9.17, 15) is 4.79 Å². The van der Waals surface area contributed by atoms with Crippen LogP contribution in [0.1, 0.15) is 38.8 Å². The smallest absolute Gasteiger partial charge is 0.274 e. The van der Waals surface area contributed by atoms with E-state index in [0.29, 0.717) is 18.8 Å². The van der Waals surface area contributed by atoms with Crippen LogP contribution in [0.15, 0.2) is 34.9 Å². The van der Waals surface area contributed by atoms with Crippen LogP contribution in [0.5, 0.6) is 5.75 Å². The first-order valence-corrected chi connectivity index (χ1v) is 8.35. The van der Waals surface area contributed by atoms with Gasteiger partial charge in [-0.1, -0.05) is 17.3 Å². The number of methoxy groups -OCH3 is 1. The van der Waals surface area contributed by atoms with Gasteiger partial charge in [-0.05, 0) is 44.5 Å². The Morgan fingerprint density at radius 3 is 2.77 bits per heavy atom. The summed E-state index contributed by atoms with van der Waals surface area (Å²) in [6.45, 7) is 6.53. The first kappa shape index (κ1) is 17.7. The Labute approximate surface area is 151 Å². The number of benzene rings is 1. The fourth-order valence-electron chi connectivity index (χ4n) is 2.79. The minimum absolute atomic E-state index is 0.277. The van der Waals surface area contributed by atoms with Gasteiger partial charge in [0.2, 0.25) is 0 Å². The molecule has 136 valence electrons. The highest BCUT2D eigenvalue weighted by Gasteiger charge is 2.20. The molecular weight excluding hydrogens is 332 g/mol. The van der Waals surface area contributed by atoms with E-state index in [1.54, 1.807) is 14.0 Å². The quantitative estimate of drug-likeness (QED) is 0.736. The number of aryl methyl sites for hydroxylation is 3. The molecule has 0 aliphatic carbocycles. The highest BCUT2D eigenvalue weighted by atomic mass is 16.5. The summed E-state index contributed by atoms with van der Waals surface area (Å²) >= 11 is 0. The Hall–Kier alpha value is -3.09. The molecule has 0 radical (unpaired) electrons. The summed E-state index contributed by atoms with van der Waals surface area (Å²) in [5, 5.41) is 11.3. The summed E-state index contributed by atoms with van der Waals surface area (Å²) in [6.07, 6.45) is 0. The van der Waals surface area contributed by atoms with Gasteiger partial charge in [-0.25, -0.2) is 0 Å². The number of aromatic nitrogens is 3. The molecule has 0 bridgehead atoms. The molecule has 3 aromatic rings. The number of hydrogen-bond acceptors (Lipinski definition) is 5. The van der Waals surface area contributed by atoms with Crippen LogP contribution in [-0.2, 0) is 13.1 Å². The highest BCUT2D eigenvalue weighted by molar-refractivity contribution is 5.93. The summed E-state index contributed by atoms with van der Waals surface area (Å²) in [5.74, 6) is 1.09. The second-order valence-corrected chi connectivity index (χ2v) is 6.18. The van der Waals surface area contributed by atoms with E-state index in [2.05, 4.69) is 15.6 Å². The molecule has 0 atom stereocenters. The Kier molecular flexibility index (Phi) is 5.06. The molecule has 3 rings (SSSR count). The third-order valence-corrected chi connectivity index (χ3v) is 4.20. The van der Waals surface area contributed by atoms with Crippen molar-refractivity contribution < 1.29 is 14.1 Å². The predicted octanol–water partition coefficient (Wildman–Crippen LogP) is 2.78. The van der Waals surface area contributed by atoms with Crippen LogP contribution < -0.4 is 10.1 Å². The number of ether oxygens (including phenoxy) is 1. The van der Waals surface area contributed by atoms with Gasteiger partial charge in [0.15, 0.2) is 5.69 Å². The van der Waals surface area contributed by atoms with Gasteiger partial charge < -0.3 is 14.6 Å². The third kappa shape index (κ3) is 3.77. The molecule has 0 unspecified atom stereocenters. The highest BCUT2D eigenvalue weighted by Crippen LogP contribution is 2.17. The van der Waals surface area contributed by atoms with Crippen LogP contribution in [0.25, 0.3) is 0 Å². The van der Waals surface area contributed by atoms with Crippen molar-refractivity contribution >= 4 is 5.91 Å². The zero-order chi connectivity index (χ0) is 18.7.